The summed E-state index contributed by atoms with van der Waals surface area (Å²) in [6.07, 6.45) is 1.73. The summed E-state index contributed by atoms with van der Waals surface area (Å²) in [7, 11) is 0. The zero-order valence-corrected chi connectivity index (χ0v) is 12.0. The molecule has 0 aliphatic heterocycles. The number of nitrogens with zero attached hydrogens (tertiary/aromatic N) is 2. The third-order valence-electron chi connectivity index (χ3n) is 2.45. The molecule has 0 spiro atoms. The number of hydrogen-bond donors (Lipinski definition) is 2. The van der Waals surface area contributed by atoms with Crippen molar-refractivity contribution in [2.24, 2.45) is 0 Å². The van der Waals surface area contributed by atoms with Gasteiger partial charge >= 0.3 is 0 Å². The quantitative estimate of drug-likeness (QED) is 0.904. The number of nitrogens with one attached hydrogen (secondary N) is 2. The summed E-state index contributed by atoms with van der Waals surface area (Å²) in [6.45, 7) is 4.87. The Morgan fingerprint density at radius 3 is 2.89 bits per heavy atom. The van der Waals surface area contributed by atoms with Gasteiger partial charge in [0.1, 0.15) is 5.82 Å². The van der Waals surface area contributed by atoms with Crippen molar-refractivity contribution >= 4 is 33.4 Å². The van der Waals surface area contributed by atoms with Crippen LogP contribution in [0.3, 0.4) is 0 Å². The van der Waals surface area contributed by atoms with E-state index in [1.54, 1.807) is 6.20 Å². The van der Waals surface area contributed by atoms with Crippen LogP contribution in [0.1, 0.15) is 12.5 Å². The fraction of sp³-hybridized carbons (Fsp3) is 0.231. The molecule has 0 bridgehead atoms. The molecule has 1 aromatic carbocycles. The molecule has 0 fully saturated rings. The van der Waals surface area contributed by atoms with E-state index in [4.69, 9.17) is 0 Å². The van der Waals surface area contributed by atoms with Crippen LogP contribution in [0, 0.1) is 6.92 Å². The molecule has 0 amide bonds. The first-order valence-corrected chi connectivity index (χ1v) is 6.59. The molecule has 2 N–H and O–H groups in total. The first-order valence-electron chi connectivity index (χ1n) is 5.79. The van der Waals surface area contributed by atoms with E-state index in [9.17, 15) is 0 Å². The number of hydrogen-bond acceptors (Lipinski definition) is 4. The maximum Gasteiger partial charge on any atom is 0.224 e. The lowest BCUT2D eigenvalue weighted by atomic mass is 10.2. The summed E-state index contributed by atoms with van der Waals surface area (Å²) in [5.74, 6) is 1.40. The van der Waals surface area contributed by atoms with Crippen LogP contribution in [-0.4, -0.2) is 16.5 Å². The largest absolute Gasteiger partial charge is 0.354 e. The molecule has 94 valence electrons. The zero-order valence-electron chi connectivity index (χ0n) is 10.4. The first-order chi connectivity index (χ1) is 8.70. The fourth-order valence-corrected chi connectivity index (χ4v) is 1.92. The molecule has 5 heteroatoms. The van der Waals surface area contributed by atoms with Crippen LogP contribution in [0.5, 0.6) is 0 Å². The molecule has 0 atom stereocenters. The van der Waals surface area contributed by atoms with Crippen molar-refractivity contribution in [2.45, 2.75) is 13.8 Å². The molecule has 18 heavy (non-hydrogen) atoms. The maximum absolute atomic E-state index is 4.37. The second-order valence-electron chi connectivity index (χ2n) is 3.86. The van der Waals surface area contributed by atoms with Crippen molar-refractivity contribution in [1.82, 2.24) is 9.97 Å². The summed E-state index contributed by atoms with van der Waals surface area (Å²) >= 11 is 3.57. The Kier molecular flexibility index (Phi) is 4.15. The number of rotatable bonds is 4. The standard InChI is InChI=1S/C13H15BrN4/c1-3-15-13-16-8-7-11(18-13)17-10-6-4-5-9(2)12(10)14/h4-8H,3H2,1-2H3,(H2,15,16,17,18). The summed E-state index contributed by atoms with van der Waals surface area (Å²) in [4.78, 5) is 8.51. The smallest absolute Gasteiger partial charge is 0.224 e. The van der Waals surface area contributed by atoms with Crippen LogP contribution < -0.4 is 10.6 Å². The van der Waals surface area contributed by atoms with Crippen molar-refractivity contribution in [1.29, 1.82) is 0 Å². The van der Waals surface area contributed by atoms with Gasteiger partial charge in [0, 0.05) is 17.2 Å². The highest BCUT2D eigenvalue weighted by Crippen LogP contribution is 2.28. The highest BCUT2D eigenvalue weighted by molar-refractivity contribution is 9.10. The monoisotopic (exact) mass is 306 g/mol. The summed E-state index contributed by atoms with van der Waals surface area (Å²) in [6, 6.07) is 7.91. The van der Waals surface area contributed by atoms with E-state index in [0.717, 1.165) is 22.5 Å². The van der Waals surface area contributed by atoms with Gasteiger partial charge in [-0.1, -0.05) is 12.1 Å². The summed E-state index contributed by atoms with van der Waals surface area (Å²) in [5, 5.41) is 6.36. The second-order valence-corrected chi connectivity index (χ2v) is 4.65. The Labute approximate surface area is 115 Å². The Morgan fingerprint density at radius 2 is 2.11 bits per heavy atom. The van der Waals surface area contributed by atoms with Gasteiger partial charge in [0.25, 0.3) is 0 Å². The van der Waals surface area contributed by atoms with Crippen LogP contribution in [0.4, 0.5) is 17.5 Å². The summed E-state index contributed by atoms with van der Waals surface area (Å²) < 4.78 is 1.05. The van der Waals surface area contributed by atoms with Crippen molar-refractivity contribution in [3.8, 4) is 0 Å². The molecule has 1 aromatic heterocycles. The Bertz CT molecular complexity index is 542. The topological polar surface area (TPSA) is 49.8 Å². The van der Waals surface area contributed by atoms with Crippen molar-refractivity contribution in [3.05, 3.63) is 40.5 Å². The Balaban J connectivity index is 2.23. The van der Waals surface area contributed by atoms with E-state index < -0.39 is 0 Å². The number of aromatic nitrogens is 2. The minimum absolute atomic E-state index is 0.631. The van der Waals surface area contributed by atoms with Crippen LogP contribution in [-0.2, 0) is 0 Å². The molecule has 2 aromatic rings. The van der Waals surface area contributed by atoms with Crippen LogP contribution in [0.25, 0.3) is 0 Å². The molecule has 2 rings (SSSR count). The van der Waals surface area contributed by atoms with Crippen molar-refractivity contribution < 1.29 is 0 Å². The lowest BCUT2D eigenvalue weighted by Gasteiger charge is -2.10. The molecule has 0 saturated heterocycles. The Morgan fingerprint density at radius 1 is 1.28 bits per heavy atom. The minimum atomic E-state index is 0.631. The maximum atomic E-state index is 4.37. The molecule has 0 aliphatic rings. The molecule has 0 radical (unpaired) electrons. The van der Waals surface area contributed by atoms with Gasteiger partial charge in [-0.05, 0) is 47.5 Å². The Hall–Kier alpha value is -1.62. The average molecular weight is 307 g/mol. The van der Waals surface area contributed by atoms with Crippen LogP contribution >= 0.6 is 15.9 Å². The van der Waals surface area contributed by atoms with Gasteiger partial charge in [-0.15, -0.1) is 0 Å². The number of aryl methyl sites for hydroxylation is 1. The fourth-order valence-electron chi connectivity index (χ4n) is 1.55. The molecule has 0 aliphatic carbocycles. The molecular formula is C13H15BrN4. The van der Waals surface area contributed by atoms with Crippen molar-refractivity contribution in [3.63, 3.8) is 0 Å². The normalized spacial score (nSPS) is 10.2. The summed E-state index contributed by atoms with van der Waals surface area (Å²) in [5.41, 5.74) is 2.18. The average Bonchev–Trinajstić information content (AvgIpc) is 2.36. The van der Waals surface area contributed by atoms with Gasteiger partial charge in [0.15, 0.2) is 0 Å². The number of benzene rings is 1. The minimum Gasteiger partial charge on any atom is -0.354 e. The SMILES string of the molecule is CCNc1nccc(Nc2cccc(C)c2Br)n1. The third-order valence-corrected chi connectivity index (χ3v) is 3.50. The first kappa shape index (κ1) is 12.8. The molecular weight excluding hydrogens is 292 g/mol. The molecule has 1 heterocycles. The number of halogens is 1. The van der Waals surface area contributed by atoms with Gasteiger partial charge in [-0.2, -0.15) is 4.98 Å². The van der Waals surface area contributed by atoms with E-state index in [2.05, 4.69) is 49.5 Å². The highest BCUT2D eigenvalue weighted by atomic mass is 79.9. The highest BCUT2D eigenvalue weighted by Gasteiger charge is 2.04. The van der Waals surface area contributed by atoms with Gasteiger partial charge < -0.3 is 10.6 Å². The van der Waals surface area contributed by atoms with Gasteiger partial charge in [0.2, 0.25) is 5.95 Å². The lowest BCUT2D eigenvalue weighted by molar-refractivity contribution is 1.09. The second kappa shape index (κ2) is 5.82. The third kappa shape index (κ3) is 2.98. The van der Waals surface area contributed by atoms with Crippen LogP contribution in [0.2, 0.25) is 0 Å². The van der Waals surface area contributed by atoms with E-state index >= 15 is 0 Å². The van der Waals surface area contributed by atoms with Crippen molar-refractivity contribution in [2.75, 3.05) is 17.2 Å². The van der Waals surface area contributed by atoms with E-state index in [1.165, 1.54) is 5.56 Å². The molecule has 0 unspecified atom stereocenters. The lowest BCUT2D eigenvalue weighted by Crippen LogP contribution is -2.03. The predicted octanol–water partition coefficient (Wildman–Crippen LogP) is 3.72. The predicted molar refractivity (Wildman–Crippen MR) is 78.4 cm³/mol. The van der Waals surface area contributed by atoms with E-state index in [1.807, 2.05) is 25.1 Å². The van der Waals surface area contributed by atoms with E-state index in [0.29, 0.717) is 5.95 Å². The zero-order chi connectivity index (χ0) is 13.0. The molecule has 0 saturated carbocycles. The van der Waals surface area contributed by atoms with Gasteiger partial charge in [0.05, 0.1) is 5.69 Å². The van der Waals surface area contributed by atoms with E-state index in [-0.39, 0.29) is 0 Å². The van der Waals surface area contributed by atoms with Crippen LogP contribution in [0.15, 0.2) is 34.9 Å². The van der Waals surface area contributed by atoms with Gasteiger partial charge in [-0.3, -0.25) is 0 Å². The molecule has 4 nitrogen and oxygen atoms in total. The van der Waals surface area contributed by atoms with Gasteiger partial charge in [-0.25, -0.2) is 4.98 Å². The number of anilines is 3.